The highest BCUT2D eigenvalue weighted by molar-refractivity contribution is 7.99. The van der Waals surface area contributed by atoms with Crippen molar-refractivity contribution in [2.45, 2.75) is 18.5 Å². The number of carbonyl (C=O) groups is 1. The lowest BCUT2D eigenvalue weighted by Crippen LogP contribution is -2.46. The van der Waals surface area contributed by atoms with Gasteiger partial charge < -0.3 is 15.4 Å². The Bertz CT molecular complexity index is 244. The van der Waals surface area contributed by atoms with Crippen LogP contribution < -0.4 is 5.73 Å². The van der Waals surface area contributed by atoms with E-state index in [0.29, 0.717) is 19.3 Å². The van der Waals surface area contributed by atoms with Crippen LogP contribution in [0.4, 0.5) is 0 Å². The van der Waals surface area contributed by atoms with Gasteiger partial charge in [-0.15, -0.1) is 0 Å². The predicted molar refractivity (Wildman–Crippen MR) is 60.8 cm³/mol. The summed E-state index contributed by atoms with van der Waals surface area (Å²) in [5.41, 5.74) is 5.84. The van der Waals surface area contributed by atoms with Gasteiger partial charge in [0, 0.05) is 24.9 Å². The Labute approximate surface area is 94.5 Å². The van der Waals surface area contributed by atoms with Crippen molar-refractivity contribution in [1.82, 2.24) is 4.90 Å². The summed E-state index contributed by atoms with van der Waals surface area (Å²) in [5.74, 6) is 2.26. The molecule has 86 valence electrons. The zero-order valence-corrected chi connectivity index (χ0v) is 9.83. The van der Waals surface area contributed by atoms with Gasteiger partial charge in [-0.3, -0.25) is 4.79 Å². The lowest BCUT2D eigenvalue weighted by Gasteiger charge is -2.27. The molecule has 4 nitrogen and oxygen atoms in total. The molecular weight excluding hydrogens is 212 g/mol. The van der Waals surface area contributed by atoms with Crippen LogP contribution in [-0.2, 0) is 9.53 Å². The van der Waals surface area contributed by atoms with Crippen molar-refractivity contribution in [2.75, 3.05) is 31.8 Å². The van der Waals surface area contributed by atoms with E-state index in [-0.39, 0.29) is 17.9 Å². The van der Waals surface area contributed by atoms with E-state index >= 15 is 0 Å². The van der Waals surface area contributed by atoms with Crippen molar-refractivity contribution in [3.05, 3.63) is 0 Å². The fraction of sp³-hybridized carbons (Fsp3) is 0.900. The second-order valence-corrected chi connectivity index (χ2v) is 5.42. The van der Waals surface area contributed by atoms with Gasteiger partial charge in [-0.1, -0.05) is 0 Å². The normalized spacial score (nSPS) is 35.7. The van der Waals surface area contributed by atoms with Crippen molar-refractivity contribution in [3.8, 4) is 0 Å². The summed E-state index contributed by atoms with van der Waals surface area (Å²) in [5, 5.41) is 0. The van der Waals surface area contributed by atoms with Gasteiger partial charge in [0.05, 0.1) is 19.1 Å². The third kappa shape index (κ3) is 2.29. The van der Waals surface area contributed by atoms with Crippen molar-refractivity contribution >= 4 is 17.7 Å². The molecule has 3 unspecified atom stereocenters. The van der Waals surface area contributed by atoms with E-state index in [1.165, 1.54) is 0 Å². The first-order valence-corrected chi connectivity index (χ1v) is 6.53. The quantitative estimate of drug-likeness (QED) is 0.721. The van der Waals surface area contributed by atoms with Crippen LogP contribution in [-0.4, -0.2) is 54.7 Å². The van der Waals surface area contributed by atoms with Gasteiger partial charge >= 0.3 is 0 Å². The van der Waals surface area contributed by atoms with Gasteiger partial charge in [0.15, 0.2) is 0 Å². The summed E-state index contributed by atoms with van der Waals surface area (Å²) < 4.78 is 5.23. The first-order valence-electron chi connectivity index (χ1n) is 5.38. The molecule has 2 aliphatic rings. The van der Waals surface area contributed by atoms with Crippen LogP contribution in [0.1, 0.15) is 6.42 Å². The third-order valence-electron chi connectivity index (χ3n) is 3.24. The van der Waals surface area contributed by atoms with Crippen LogP contribution in [0.5, 0.6) is 0 Å². The minimum absolute atomic E-state index is 0.117. The van der Waals surface area contributed by atoms with E-state index in [2.05, 4.69) is 0 Å². The summed E-state index contributed by atoms with van der Waals surface area (Å²) in [4.78, 5) is 14.0. The highest BCUT2D eigenvalue weighted by Crippen LogP contribution is 2.24. The maximum absolute atomic E-state index is 12.1. The molecule has 15 heavy (non-hydrogen) atoms. The molecule has 0 spiro atoms. The topological polar surface area (TPSA) is 55.6 Å². The van der Waals surface area contributed by atoms with Crippen LogP contribution in [0.3, 0.4) is 0 Å². The Hall–Kier alpha value is -0.260. The molecule has 0 aromatic carbocycles. The fourth-order valence-electron chi connectivity index (χ4n) is 2.09. The average molecular weight is 230 g/mol. The molecule has 0 bridgehead atoms. The van der Waals surface area contributed by atoms with Crippen molar-refractivity contribution in [1.29, 1.82) is 0 Å². The van der Waals surface area contributed by atoms with Gasteiger partial charge in [-0.05, 0) is 12.2 Å². The molecule has 2 fully saturated rings. The smallest absolute Gasteiger partial charge is 0.229 e. The number of nitrogens with zero attached hydrogens (tertiary/aromatic N) is 1. The van der Waals surface area contributed by atoms with Crippen LogP contribution in [0.25, 0.3) is 0 Å². The largest absolute Gasteiger partial charge is 0.379 e. The van der Waals surface area contributed by atoms with E-state index in [1.807, 2.05) is 23.7 Å². The molecule has 2 aliphatic heterocycles. The Morgan fingerprint density at radius 2 is 2.33 bits per heavy atom. The predicted octanol–water partition coefficient (Wildman–Crippen LogP) is -0.0760. The maximum Gasteiger partial charge on any atom is 0.229 e. The Morgan fingerprint density at radius 1 is 1.53 bits per heavy atom. The molecule has 2 saturated heterocycles. The lowest BCUT2D eigenvalue weighted by molar-refractivity contribution is -0.136. The number of hydrogen-bond acceptors (Lipinski definition) is 4. The number of hydrogen-bond donors (Lipinski definition) is 1. The number of thioether (sulfide) groups is 1. The maximum atomic E-state index is 12.1. The second kappa shape index (κ2) is 4.72. The van der Waals surface area contributed by atoms with Crippen molar-refractivity contribution < 1.29 is 9.53 Å². The second-order valence-electron chi connectivity index (χ2n) is 4.27. The number of nitrogens with two attached hydrogens (primary N) is 1. The molecule has 0 aliphatic carbocycles. The van der Waals surface area contributed by atoms with Crippen LogP contribution in [0.2, 0.25) is 0 Å². The highest BCUT2D eigenvalue weighted by Gasteiger charge is 2.35. The summed E-state index contributed by atoms with van der Waals surface area (Å²) in [7, 11) is 1.89. The number of ether oxygens (including phenoxy) is 1. The van der Waals surface area contributed by atoms with Crippen molar-refractivity contribution in [3.63, 3.8) is 0 Å². The number of carbonyl (C=O) groups excluding carboxylic acids is 1. The number of amides is 1. The molecule has 0 aromatic rings. The van der Waals surface area contributed by atoms with Crippen LogP contribution in [0.15, 0.2) is 0 Å². The Kier molecular flexibility index (Phi) is 3.53. The summed E-state index contributed by atoms with van der Waals surface area (Å²) >= 11 is 1.91. The third-order valence-corrected chi connectivity index (χ3v) is 4.39. The van der Waals surface area contributed by atoms with E-state index in [4.69, 9.17) is 10.5 Å². The van der Waals surface area contributed by atoms with E-state index < -0.39 is 0 Å². The Morgan fingerprint density at radius 3 is 2.87 bits per heavy atom. The Balaban J connectivity index is 1.94. The molecule has 2 heterocycles. The van der Waals surface area contributed by atoms with Gasteiger partial charge in [0.1, 0.15) is 0 Å². The van der Waals surface area contributed by atoms with Gasteiger partial charge in [-0.2, -0.15) is 11.8 Å². The molecule has 5 heteroatoms. The zero-order chi connectivity index (χ0) is 10.8. The van der Waals surface area contributed by atoms with Crippen LogP contribution in [0, 0.1) is 5.92 Å². The molecule has 2 rings (SSSR count). The van der Waals surface area contributed by atoms with E-state index in [9.17, 15) is 4.79 Å². The molecule has 2 N–H and O–H groups in total. The fourth-order valence-corrected chi connectivity index (χ4v) is 3.36. The van der Waals surface area contributed by atoms with Crippen LogP contribution >= 0.6 is 11.8 Å². The lowest BCUT2D eigenvalue weighted by atomic mass is 10.0. The molecule has 0 aromatic heterocycles. The minimum Gasteiger partial charge on any atom is -0.379 e. The standard InChI is InChI=1S/C10H18N2O2S/c1-12(7-2-3-15-6-7)10(13)8-4-14-5-9(8)11/h7-9H,2-6,11H2,1H3. The molecule has 1 amide bonds. The SMILES string of the molecule is CN(C(=O)C1COCC1N)C1CCSC1. The molecule has 3 atom stereocenters. The molecular formula is C10H18N2O2S. The summed E-state index contributed by atoms with van der Waals surface area (Å²) in [6.07, 6.45) is 1.11. The monoisotopic (exact) mass is 230 g/mol. The van der Waals surface area contributed by atoms with Crippen molar-refractivity contribution in [2.24, 2.45) is 11.7 Å². The molecule has 0 radical (unpaired) electrons. The van der Waals surface area contributed by atoms with E-state index in [0.717, 1.165) is 17.9 Å². The van der Waals surface area contributed by atoms with Gasteiger partial charge in [0.25, 0.3) is 0 Å². The number of rotatable bonds is 2. The molecule has 0 saturated carbocycles. The first-order chi connectivity index (χ1) is 7.20. The first kappa shape index (κ1) is 11.2. The van der Waals surface area contributed by atoms with Gasteiger partial charge in [0.2, 0.25) is 5.91 Å². The van der Waals surface area contributed by atoms with E-state index in [1.54, 1.807) is 0 Å². The average Bonchev–Trinajstić information content (AvgIpc) is 2.85. The highest BCUT2D eigenvalue weighted by atomic mass is 32.2. The summed E-state index contributed by atoms with van der Waals surface area (Å²) in [6, 6.07) is 0.282. The summed E-state index contributed by atoms with van der Waals surface area (Å²) in [6.45, 7) is 1.01. The van der Waals surface area contributed by atoms with Gasteiger partial charge in [-0.25, -0.2) is 0 Å². The zero-order valence-electron chi connectivity index (χ0n) is 9.02. The minimum atomic E-state index is -0.124.